The Labute approximate surface area is 124 Å². The Morgan fingerprint density at radius 3 is 2.29 bits per heavy atom. The van der Waals surface area contributed by atoms with Gasteiger partial charge in [-0.15, -0.1) is 0 Å². The van der Waals surface area contributed by atoms with Gasteiger partial charge in [-0.05, 0) is 17.5 Å². The minimum absolute atomic E-state index is 0.0108. The minimum Gasteiger partial charge on any atom is -0.479 e. The number of hydrogen-bond donors (Lipinski definition) is 2. The van der Waals surface area contributed by atoms with Crippen LogP contribution in [0.4, 0.5) is 0 Å². The first kappa shape index (κ1) is 15.5. The van der Waals surface area contributed by atoms with Crippen LogP contribution in [0.1, 0.15) is 30.9 Å². The van der Waals surface area contributed by atoms with E-state index in [2.05, 4.69) is 6.92 Å². The lowest BCUT2D eigenvalue weighted by Gasteiger charge is -2.35. The number of nitrogens with zero attached hydrogens (tertiary/aromatic N) is 1. The van der Waals surface area contributed by atoms with Gasteiger partial charge >= 0.3 is 5.97 Å². The molecule has 1 amide bonds. The smallest absolute Gasteiger partial charge is 0.335 e. The lowest BCUT2D eigenvalue weighted by atomic mass is 9.91. The van der Waals surface area contributed by atoms with Crippen molar-refractivity contribution in [3.8, 4) is 0 Å². The topological polar surface area (TPSA) is 77.8 Å². The highest BCUT2D eigenvalue weighted by Crippen LogP contribution is 2.23. The minimum atomic E-state index is -1.68. The number of rotatable bonds is 4. The van der Waals surface area contributed by atoms with Gasteiger partial charge in [0, 0.05) is 25.9 Å². The standard InChI is InChI=1S/C16H21NO4/c1-2-12-5-3-4-6-13(12)11-14(18)17-9-7-16(21,8-10-17)15(19)20/h3-6,21H,2,7-11H2,1H3,(H,19,20). The zero-order chi connectivity index (χ0) is 15.5. The zero-order valence-corrected chi connectivity index (χ0v) is 12.2. The summed E-state index contributed by atoms with van der Waals surface area (Å²) in [6, 6.07) is 7.85. The number of hydrogen-bond acceptors (Lipinski definition) is 3. The monoisotopic (exact) mass is 291 g/mol. The van der Waals surface area contributed by atoms with E-state index in [1.807, 2.05) is 24.3 Å². The number of carboxylic acids is 1. The molecule has 1 fully saturated rings. The summed E-state index contributed by atoms with van der Waals surface area (Å²) in [7, 11) is 0. The Morgan fingerprint density at radius 1 is 1.19 bits per heavy atom. The van der Waals surface area contributed by atoms with Gasteiger partial charge < -0.3 is 15.1 Å². The van der Waals surface area contributed by atoms with Gasteiger partial charge in [0.15, 0.2) is 5.60 Å². The van der Waals surface area contributed by atoms with Crippen molar-refractivity contribution in [2.24, 2.45) is 0 Å². The number of piperidine rings is 1. The summed E-state index contributed by atoms with van der Waals surface area (Å²) in [6.07, 6.45) is 1.38. The molecule has 0 spiro atoms. The highest BCUT2D eigenvalue weighted by molar-refractivity contribution is 5.81. The van der Waals surface area contributed by atoms with Crippen LogP contribution in [0.15, 0.2) is 24.3 Å². The van der Waals surface area contributed by atoms with Gasteiger partial charge in [0.1, 0.15) is 0 Å². The molecule has 2 N–H and O–H groups in total. The molecule has 2 rings (SSSR count). The molecule has 0 aromatic heterocycles. The maximum Gasteiger partial charge on any atom is 0.335 e. The van der Waals surface area contributed by atoms with Crippen LogP contribution in [0.2, 0.25) is 0 Å². The summed E-state index contributed by atoms with van der Waals surface area (Å²) in [5, 5.41) is 18.9. The van der Waals surface area contributed by atoms with Crippen LogP contribution in [0, 0.1) is 0 Å². The van der Waals surface area contributed by atoms with Crippen LogP contribution >= 0.6 is 0 Å². The van der Waals surface area contributed by atoms with E-state index in [0.717, 1.165) is 17.5 Å². The summed E-state index contributed by atoms with van der Waals surface area (Å²) in [5.74, 6) is -1.21. The highest BCUT2D eigenvalue weighted by Gasteiger charge is 2.40. The second-order valence-electron chi connectivity index (χ2n) is 5.52. The van der Waals surface area contributed by atoms with E-state index in [-0.39, 0.29) is 31.8 Å². The number of carboxylic acid groups (broad SMARTS) is 1. The molecule has 1 aromatic rings. The van der Waals surface area contributed by atoms with Crippen LogP contribution in [0.25, 0.3) is 0 Å². The molecule has 114 valence electrons. The Morgan fingerprint density at radius 2 is 1.76 bits per heavy atom. The second kappa shape index (κ2) is 6.26. The third-order valence-corrected chi connectivity index (χ3v) is 4.18. The summed E-state index contributed by atoms with van der Waals surface area (Å²) in [6.45, 7) is 2.63. The van der Waals surface area contributed by atoms with Gasteiger partial charge in [-0.25, -0.2) is 4.79 Å². The zero-order valence-electron chi connectivity index (χ0n) is 12.2. The van der Waals surface area contributed by atoms with Crippen molar-refractivity contribution < 1.29 is 19.8 Å². The molecule has 1 heterocycles. The van der Waals surface area contributed by atoms with E-state index in [9.17, 15) is 14.7 Å². The number of likely N-dealkylation sites (tertiary alicyclic amines) is 1. The Balaban J connectivity index is 1.98. The molecular formula is C16H21NO4. The Hall–Kier alpha value is -1.88. The number of benzene rings is 1. The van der Waals surface area contributed by atoms with E-state index in [1.54, 1.807) is 4.90 Å². The van der Waals surface area contributed by atoms with Gasteiger partial charge in [-0.1, -0.05) is 31.2 Å². The molecule has 0 saturated carbocycles. The maximum absolute atomic E-state index is 12.3. The number of aliphatic carboxylic acids is 1. The molecule has 1 saturated heterocycles. The van der Waals surface area contributed by atoms with Gasteiger partial charge in [-0.3, -0.25) is 4.79 Å². The molecule has 1 aromatic carbocycles. The fraction of sp³-hybridized carbons (Fsp3) is 0.500. The molecule has 0 atom stereocenters. The van der Waals surface area contributed by atoms with E-state index in [0.29, 0.717) is 6.42 Å². The van der Waals surface area contributed by atoms with E-state index >= 15 is 0 Å². The summed E-state index contributed by atoms with van der Waals surface area (Å²) < 4.78 is 0. The lowest BCUT2D eigenvalue weighted by molar-refractivity contribution is -0.165. The van der Waals surface area contributed by atoms with Gasteiger partial charge in [-0.2, -0.15) is 0 Å². The molecular weight excluding hydrogens is 270 g/mol. The van der Waals surface area contributed by atoms with Crippen molar-refractivity contribution in [3.05, 3.63) is 35.4 Å². The average Bonchev–Trinajstić information content (AvgIpc) is 2.48. The van der Waals surface area contributed by atoms with Crippen LogP contribution in [-0.4, -0.2) is 45.7 Å². The molecule has 5 nitrogen and oxygen atoms in total. The molecule has 1 aliphatic heterocycles. The molecule has 0 radical (unpaired) electrons. The maximum atomic E-state index is 12.3. The Bertz CT molecular complexity index is 533. The summed E-state index contributed by atoms with van der Waals surface area (Å²) in [5.41, 5.74) is 0.493. The average molecular weight is 291 g/mol. The number of amides is 1. The number of aryl methyl sites for hydroxylation is 1. The fourth-order valence-electron chi connectivity index (χ4n) is 2.69. The van der Waals surface area contributed by atoms with Crippen molar-refractivity contribution in [1.29, 1.82) is 0 Å². The lowest BCUT2D eigenvalue weighted by Crippen LogP contribution is -2.51. The summed E-state index contributed by atoms with van der Waals surface area (Å²) >= 11 is 0. The fourth-order valence-corrected chi connectivity index (χ4v) is 2.69. The van der Waals surface area contributed by atoms with Crippen molar-refractivity contribution >= 4 is 11.9 Å². The molecule has 5 heteroatoms. The predicted octanol–water partition coefficient (Wildman–Crippen LogP) is 1.23. The first-order valence-electron chi connectivity index (χ1n) is 7.26. The molecule has 1 aliphatic rings. The van der Waals surface area contributed by atoms with E-state index in [1.165, 1.54) is 0 Å². The third-order valence-electron chi connectivity index (χ3n) is 4.18. The van der Waals surface area contributed by atoms with Gasteiger partial charge in [0.25, 0.3) is 0 Å². The largest absolute Gasteiger partial charge is 0.479 e. The van der Waals surface area contributed by atoms with Crippen molar-refractivity contribution in [2.45, 2.75) is 38.2 Å². The van der Waals surface area contributed by atoms with Crippen LogP contribution in [-0.2, 0) is 22.4 Å². The number of aliphatic hydroxyl groups is 1. The molecule has 0 bridgehead atoms. The SMILES string of the molecule is CCc1ccccc1CC(=O)N1CCC(O)(C(=O)O)CC1. The molecule has 0 unspecified atom stereocenters. The first-order chi connectivity index (χ1) is 9.96. The summed E-state index contributed by atoms with van der Waals surface area (Å²) in [4.78, 5) is 24.9. The van der Waals surface area contributed by atoms with Crippen LogP contribution < -0.4 is 0 Å². The molecule has 21 heavy (non-hydrogen) atoms. The van der Waals surface area contributed by atoms with Crippen LogP contribution in [0.5, 0.6) is 0 Å². The van der Waals surface area contributed by atoms with E-state index in [4.69, 9.17) is 5.11 Å². The third kappa shape index (κ3) is 3.42. The van der Waals surface area contributed by atoms with E-state index < -0.39 is 11.6 Å². The van der Waals surface area contributed by atoms with Gasteiger partial charge in [0.2, 0.25) is 5.91 Å². The van der Waals surface area contributed by atoms with Crippen molar-refractivity contribution in [3.63, 3.8) is 0 Å². The Kier molecular flexibility index (Phi) is 4.63. The van der Waals surface area contributed by atoms with Crippen molar-refractivity contribution in [1.82, 2.24) is 4.90 Å². The number of carbonyl (C=O) groups is 2. The first-order valence-corrected chi connectivity index (χ1v) is 7.26. The van der Waals surface area contributed by atoms with Crippen LogP contribution in [0.3, 0.4) is 0 Å². The second-order valence-corrected chi connectivity index (χ2v) is 5.52. The molecule has 0 aliphatic carbocycles. The van der Waals surface area contributed by atoms with Crippen molar-refractivity contribution in [2.75, 3.05) is 13.1 Å². The highest BCUT2D eigenvalue weighted by atomic mass is 16.4. The van der Waals surface area contributed by atoms with Gasteiger partial charge in [0.05, 0.1) is 6.42 Å². The quantitative estimate of drug-likeness (QED) is 0.874. The predicted molar refractivity (Wildman–Crippen MR) is 77.9 cm³/mol. The number of carbonyl (C=O) groups excluding carboxylic acids is 1. The normalized spacial score (nSPS) is 17.5.